The van der Waals surface area contributed by atoms with Crippen molar-refractivity contribution in [1.29, 1.82) is 0 Å². The van der Waals surface area contributed by atoms with Crippen molar-refractivity contribution >= 4 is 22.4 Å². The molecule has 7 heteroatoms. The minimum absolute atomic E-state index is 0.0159. The summed E-state index contributed by atoms with van der Waals surface area (Å²) < 4.78 is 1.74. The summed E-state index contributed by atoms with van der Waals surface area (Å²) in [7, 11) is 0. The third-order valence-corrected chi connectivity index (χ3v) is 4.36. The second-order valence-corrected chi connectivity index (χ2v) is 6.05. The molecule has 3 aromatic heterocycles. The molecule has 7 nitrogen and oxygen atoms in total. The smallest absolute Gasteiger partial charge is 0.178 e. The van der Waals surface area contributed by atoms with Gasteiger partial charge in [-0.05, 0) is 30.2 Å². The molecule has 0 saturated heterocycles. The summed E-state index contributed by atoms with van der Waals surface area (Å²) in [4.78, 5) is 3.27. The van der Waals surface area contributed by atoms with E-state index in [1.165, 1.54) is 10.9 Å². The van der Waals surface area contributed by atoms with Gasteiger partial charge < -0.3 is 15.4 Å². The summed E-state index contributed by atoms with van der Waals surface area (Å²) in [6.07, 6.45) is 3.46. The third kappa shape index (κ3) is 2.94. The van der Waals surface area contributed by atoms with E-state index in [0.717, 1.165) is 23.4 Å². The number of aliphatic hydroxyl groups excluding tert-OH is 1. The van der Waals surface area contributed by atoms with Crippen LogP contribution in [0.4, 0.5) is 5.82 Å². The van der Waals surface area contributed by atoms with E-state index in [0.29, 0.717) is 12.2 Å². The molecule has 3 N–H and O–H groups in total. The Morgan fingerprint density at radius 3 is 2.92 bits per heavy atom. The summed E-state index contributed by atoms with van der Waals surface area (Å²) >= 11 is 0. The van der Waals surface area contributed by atoms with Crippen molar-refractivity contribution in [1.82, 2.24) is 24.8 Å². The largest absolute Gasteiger partial charge is 0.394 e. The number of aromatic nitrogens is 5. The van der Waals surface area contributed by atoms with Gasteiger partial charge >= 0.3 is 0 Å². The Morgan fingerprint density at radius 2 is 2.08 bits per heavy atom. The maximum absolute atomic E-state index is 9.80. The van der Waals surface area contributed by atoms with Crippen LogP contribution in [-0.4, -0.2) is 42.6 Å². The Kier molecular flexibility index (Phi) is 4.07. The number of para-hydroxylation sites is 1. The number of nitrogens with zero attached hydrogens (tertiary/aromatic N) is 4. The first-order valence-electron chi connectivity index (χ1n) is 8.42. The average molecular weight is 336 g/mol. The molecule has 25 heavy (non-hydrogen) atoms. The first kappa shape index (κ1) is 15.6. The minimum Gasteiger partial charge on any atom is -0.394 e. The molecule has 0 aliphatic rings. The molecule has 0 unspecified atom stereocenters. The highest BCUT2D eigenvalue weighted by atomic mass is 16.3. The average Bonchev–Trinajstić information content (AvgIpc) is 3.25. The van der Waals surface area contributed by atoms with Gasteiger partial charge in [0.2, 0.25) is 0 Å². The predicted molar refractivity (Wildman–Crippen MR) is 96.7 cm³/mol. The van der Waals surface area contributed by atoms with E-state index in [2.05, 4.69) is 31.7 Å². The van der Waals surface area contributed by atoms with E-state index in [4.69, 9.17) is 0 Å². The fraction of sp³-hybridized carbons (Fsp3) is 0.278. The molecule has 0 amide bonds. The predicted octanol–water partition coefficient (Wildman–Crippen LogP) is 2.18. The molecule has 1 aromatic carbocycles. The first-order chi connectivity index (χ1) is 12.3. The van der Waals surface area contributed by atoms with Crippen molar-refractivity contribution in [3.8, 4) is 0 Å². The quantitative estimate of drug-likeness (QED) is 0.502. The van der Waals surface area contributed by atoms with Gasteiger partial charge in [0.15, 0.2) is 11.5 Å². The van der Waals surface area contributed by atoms with Gasteiger partial charge in [0.25, 0.3) is 0 Å². The third-order valence-electron chi connectivity index (χ3n) is 4.36. The van der Waals surface area contributed by atoms with Crippen molar-refractivity contribution in [3.63, 3.8) is 0 Å². The van der Waals surface area contributed by atoms with Crippen LogP contribution in [0.25, 0.3) is 16.6 Å². The van der Waals surface area contributed by atoms with E-state index < -0.39 is 0 Å². The number of anilines is 1. The zero-order chi connectivity index (χ0) is 17.2. The summed E-state index contributed by atoms with van der Waals surface area (Å²) in [6, 6.07) is 11.8. The van der Waals surface area contributed by atoms with Gasteiger partial charge in [-0.15, -0.1) is 15.3 Å². The molecule has 4 aromatic rings. The Hall–Kier alpha value is -2.93. The first-order valence-corrected chi connectivity index (χ1v) is 8.42. The lowest BCUT2D eigenvalue weighted by Gasteiger charge is -2.16. The lowest BCUT2D eigenvalue weighted by molar-refractivity contribution is 0.273. The van der Waals surface area contributed by atoms with Crippen LogP contribution in [-0.2, 0) is 12.8 Å². The van der Waals surface area contributed by atoms with Crippen molar-refractivity contribution in [2.75, 3.05) is 11.9 Å². The van der Waals surface area contributed by atoms with Crippen molar-refractivity contribution in [2.45, 2.75) is 25.8 Å². The number of hydrogen-bond acceptors (Lipinski definition) is 5. The summed E-state index contributed by atoms with van der Waals surface area (Å²) in [5.74, 6) is 1.51. The number of hydrogen-bond donors (Lipinski definition) is 3. The van der Waals surface area contributed by atoms with Gasteiger partial charge in [-0.1, -0.05) is 25.1 Å². The fourth-order valence-electron chi connectivity index (χ4n) is 3.07. The van der Waals surface area contributed by atoms with Gasteiger partial charge in [-0.2, -0.15) is 4.52 Å². The van der Waals surface area contributed by atoms with Gasteiger partial charge in [0.05, 0.1) is 12.6 Å². The number of aryl methyl sites for hydroxylation is 1. The Morgan fingerprint density at radius 1 is 1.20 bits per heavy atom. The number of nitrogens with one attached hydrogen (secondary N) is 2. The molecular weight excluding hydrogens is 316 g/mol. The second-order valence-electron chi connectivity index (χ2n) is 6.05. The lowest BCUT2D eigenvalue weighted by atomic mass is 10.1. The van der Waals surface area contributed by atoms with E-state index in [-0.39, 0.29) is 12.6 Å². The maximum Gasteiger partial charge on any atom is 0.178 e. The second kappa shape index (κ2) is 6.52. The Labute approximate surface area is 144 Å². The highest BCUT2D eigenvalue weighted by molar-refractivity contribution is 5.83. The van der Waals surface area contributed by atoms with Crippen LogP contribution >= 0.6 is 0 Å². The topological polar surface area (TPSA) is 91.1 Å². The summed E-state index contributed by atoms with van der Waals surface area (Å²) in [5, 5.41) is 27.1. The van der Waals surface area contributed by atoms with Crippen LogP contribution in [0.3, 0.4) is 0 Å². The van der Waals surface area contributed by atoms with Gasteiger partial charge in [-0.3, -0.25) is 0 Å². The maximum atomic E-state index is 9.80. The van der Waals surface area contributed by atoms with Crippen LogP contribution < -0.4 is 5.32 Å². The Bertz CT molecular complexity index is 1010. The number of benzene rings is 1. The molecule has 0 aliphatic heterocycles. The van der Waals surface area contributed by atoms with E-state index in [1.807, 2.05) is 43.5 Å². The Balaban J connectivity index is 1.57. The van der Waals surface area contributed by atoms with Gasteiger partial charge in [0.1, 0.15) is 5.82 Å². The molecular formula is C18H20N6O. The highest BCUT2D eigenvalue weighted by Crippen LogP contribution is 2.20. The van der Waals surface area contributed by atoms with Crippen LogP contribution in [0, 0.1) is 0 Å². The van der Waals surface area contributed by atoms with Gasteiger partial charge in [0, 0.05) is 23.5 Å². The number of aromatic amines is 1. The molecule has 0 aliphatic carbocycles. The lowest BCUT2D eigenvalue weighted by Crippen LogP contribution is -2.27. The van der Waals surface area contributed by atoms with Crippen LogP contribution in [0.5, 0.6) is 0 Å². The van der Waals surface area contributed by atoms with Crippen LogP contribution in [0.2, 0.25) is 0 Å². The molecule has 0 radical (unpaired) electrons. The zero-order valence-electron chi connectivity index (χ0n) is 14.0. The molecule has 1 atom stereocenters. The highest BCUT2D eigenvalue weighted by Gasteiger charge is 2.13. The number of aliphatic hydroxyl groups is 1. The SMILES string of the molecule is CCc1nnc2ccc(N[C@H](CO)Cc3c[nH]c4ccccc34)nn12. The molecule has 3 heterocycles. The normalized spacial score (nSPS) is 12.7. The number of rotatable bonds is 6. The monoisotopic (exact) mass is 336 g/mol. The van der Waals surface area contributed by atoms with Crippen molar-refractivity contribution in [3.05, 3.63) is 54.0 Å². The van der Waals surface area contributed by atoms with Crippen molar-refractivity contribution < 1.29 is 5.11 Å². The molecule has 4 rings (SSSR count). The van der Waals surface area contributed by atoms with Gasteiger partial charge in [-0.25, -0.2) is 0 Å². The minimum atomic E-state index is -0.134. The number of H-pyrrole nitrogens is 1. The van der Waals surface area contributed by atoms with E-state index in [9.17, 15) is 5.11 Å². The molecule has 0 saturated carbocycles. The molecule has 0 bridgehead atoms. The standard InChI is InChI=1S/C18H20N6O/c1-2-17-21-22-18-8-7-16(23-24(17)18)20-13(11-25)9-12-10-19-15-6-4-3-5-14(12)15/h3-8,10,13,19,25H,2,9,11H2,1H3,(H,20,23)/t13-/m0/s1. The van der Waals surface area contributed by atoms with Crippen LogP contribution in [0.15, 0.2) is 42.6 Å². The fourth-order valence-corrected chi connectivity index (χ4v) is 3.07. The van der Waals surface area contributed by atoms with Crippen molar-refractivity contribution in [2.24, 2.45) is 0 Å². The summed E-state index contributed by atoms with van der Waals surface area (Å²) in [5.41, 5.74) is 2.99. The zero-order valence-corrected chi connectivity index (χ0v) is 14.0. The molecule has 0 fully saturated rings. The van der Waals surface area contributed by atoms with E-state index in [1.54, 1.807) is 4.52 Å². The molecule has 0 spiro atoms. The van der Waals surface area contributed by atoms with E-state index >= 15 is 0 Å². The summed E-state index contributed by atoms with van der Waals surface area (Å²) in [6.45, 7) is 2.04. The molecule has 128 valence electrons. The van der Waals surface area contributed by atoms with Crippen LogP contribution in [0.1, 0.15) is 18.3 Å². The number of fused-ring (bicyclic) bond motifs is 2.